The van der Waals surface area contributed by atoms with E-state index in [0.717, 1.165) is 5.69 Å². The van der Waals surface area contributed by atoms with Gasteiger partial charge < -0.3 is 25.8 Å². The summed E-state index contributed by atoms with van der Waals surface area (Å²) in [6.07, 6.45) is 0. The Morgan fingerprint density at radius 3 is 2.62 bits per heavy atom. The number of urea groups is 1. The van der Waals surface area contributed by atoms with E-state index in [4.69, 9.17) is 9.84 Å². The predicted octanol–water partition coefficient (Wildman–Crippen LogP) is 0.665. The van der Waals surface area contributed by atoms with Gasteiger partial charge in [-0.15, -0.1) is 0 Å². The minimum atomic E-state index is -0.287. The van der Waals surface area contributed by atoms with Gasteiger partial charge in [-0.25, -0.2) is 4.79 Å². The molecule has 1 rings (SSSR count). The smallest absolute Gasteiger partial charge is 0.316 e. The van der Waals surface area contributed by atoms with Crippen LogP contribution in [0.15, 0.2) is 24.3 Å². The highest BCUT2D eigenvalue weighted by Crippen LogP contribution is 2.12. The molecule has 6 heteroatoms. The summed E-state index contributed by atoms with van der Waals surface area (Å²) in [5.74, 6) is 0.216. The van der Waals surface area contributed by atoms with Crippen LogP contribution in [0.25, 0.3) is 0 Å². The zero-order valence-corrected chi connectivity index (χ0v) is 8.99. The summed E-state index contributed by atoms with van der Waals surface area (Å²) in [5, 5.41) is 16.9. The summed E-state index contributed by atoms with van der Waals surface area (Å²) in [6, 6.07) is 6.32. The molecule has 0 saturated heterocycles. The molecule has 0 aromatic heterocycles. The van der Waals surface area contributed by atoms with Crippen molar-refractivity contribution in [2.75, 3.05) is 25.8 Å². The van der Waals surface area contributed by atoms with Crippen LogP contribution in [0.2, 0.25) is 0 Å². The highest BCUT2D eigenvalue weighted by atomic mass is 16.5. The van der Waals surface area contributed by atoms with Gasteiger partial charge >= 0.3 is 6.03 Å². The Balaban J connectivity index is 2.11. The molecule has 1 aromatic rings. The van der Waals surface area contributed by atoms with Gasteiger partial charge in [-0.1, -0.05) is 0 Å². The number of carbonyl (C=O) groups is 1. The molecule has 0 saturated carbocycles. The van der Waals surface area contributed by atoms with E-state index in [2.05, 4.69) is 16.0 Å². The Bertz CT molecular complexity index is 327. The van der Waals surface area contributed by atoms with Crippen molar-refractivity contribution in [3.63, 3.8) is 0 Å². The van der Waals surface area contributed by atoms with E-state index in [-0.39, 0.29) is 25.2 Å². The van der Waals surface area contributed by atoms with E-state index in [0.29, 0.717) is 0 Å². The van der Waals surface area contributed by atoms with Crippen molar-refractivity contribution in [3.8, 4) is 5.75 Å². The molecule has 2 amide bonds. The number of carbonyl (C=O) groups excluding carboxylic acids is 1. The number of hydrogen-bond donors (Lipinski definition) is 4. The summed E-state index contributed by atoms with van der Waals surface area (Å²) in [7, 11) is 1.53. The second kappa shape index (κ2) is 6.52. The van der Waals surface area contributed by atoms with Crippen LogP contribution in [0.3, 0.4) is 0 Å². The molecule has 0 heterocycles. The maximum atomic E-state index is 10.7. The summed E-state index contributed by atoms with van der Waals surface area (Å²) in [4.78, 5) is 10.7. The largest absolute Gasteiger partial charge is 0.508 e. The molecule has 0 bridgehead atoms. The zero-order valence-electron chi connectivity index (χ0n) is 8.99. The highest BCUT2D eigenvalue weighted by molar-refractivity contribution is 5.73. The first-order valence-electron chi connectivity index (χ1n) is 4.78. The van der Waals surface area contributed by atoms with Gasteiger partial charge in [-0.2, -0.15) is 0 Å². The Labute approximate surface area is 93.6 Å². The van der Waals surface area contributed by atoms with Gasteiger partial charge in [0.2, 0.25) is 0 Å². The quantitative estimate of drug-likeness (QED) is 0.337. The van der Waals surface area contributed by atoms with Gasteiger partial charge in [0.1, 0.15) is 19.2 Å². The first-order valence-corrected chi connectivity index (χ1v) is 4.78. The van der Waals surface area contributed by atoms with E-state index >= 15 is 0 Å². The first-order chi connectivity index (χ1) is 7.72. The van der Waals surface area contributed by atoms with Crippen LogP contribution in [-0.4, -0.2) is 31.6 Å². The number of aromatic hydroxyl groups is 1. The number of hydrogen-bond acceptors (Lipinski definition) is 4. The van der Waals surface area contributed by atoms with Gasteiger partial charge in [0.15, 0.2) is 0 Å². The number of benzene rings is 1. The molecule has 88 valence electrons. The third-order valence-corrected chi connectivity index (χ3v) is 1.81. The van der Waals surface area contributed by atoms with E-state index in [1.165, 1.54) is 7.05 Å². The van der Waals surface area contributed by atoms with Gasteiger partial charge in [0.05, 0.1) is 0 Å². The van der Waals surface area contributed by atoms with Crippen LogP contribution in [0.1, 0.15) is 0 Å². The first kappa shape index (κ1) is 12.1. The monoisotopic (exact) mass is 225 g/mol. The maximum Gasteiger partial charge on any atom is 0.316 e. The molecule has 0 atom stereocenters. The molecule has 0 aliphatic carbocycles. The fourth-order valence-corrected chi connectivity index (χ4v) is 0.970. The lowest BCUT2D eigenvalue weighted by atomic mass is 10.3. The van der Waals surface area contributed by atoms with Crippen LogP contribution in [-0.2, 0) is 4.74 Å². The highest BCUT2D eigenvalue weighted by Gasteiger charge is 1.94. The normalized spacial score (nSPS) is 9.56. The van der Waals surface area contributed by atoms with Crippen LogP contribution in [0.4, 0.5) is 10.5 Å². The zero-order chi connectivity index (χ0) is 11.8. The molecule has 0 fully saturated rings. The van der Waals surface area contributed by atoms with Crippen molar-refractivity contribution in [2.24, 2.45) is 0 Å². The minimum absolute atomic E-state index is 0.130. The Kier molecular flexibility index (Phi) is 4.94. The van der Waals surface area contributed by atoms with E-state index in [1.54, 1.807) is 24.3 Å². The predicted molar refractivity (Wildman–Crippen MR) is 60.1 cm³/mol. The van der Waals surface area contributed by atoms with E-state index in [9.17, 15) is 4.79 Å². The lowest BCUT2D eigenvalue weighted by molar-refractivity contribution is 0.136. The van der Waals surface area contributed by atoms with Crippen LogP contribution >= 0.6 is 0 Å². The molecule has 0 spiro atoms. The number of anilines is 1. The molecule has 16 heavy (non-hydrogen) atoms. The Morgan fingerprint density at radius 1 is 1.31 bits per heavy atom. The third-order valence-electron chi connectivity index (χ3n) is 1.81. The van der Waals surface area contributed by atoms with Gasteiger partial charge in [-0.05, 0) is 24.3 Å². The fraction of sp³-hybridized carbons (Fsp3) is 0.300. The number of nitrogens with one attached hydrogen (secondary N) is 3. The fourth-order valence-electron chi connectivity index (χ4n) is 0.970. The summed E-state index contributed by atoms with van der Waals surface area (Å²) >= 11 is 0. The average molecular weight is 225 g/mol. The van der Waals surface area contributed by atoms with Crippen LogP contribution < -0.4 is 16.0 Å². The second-order valence-corrected chi connectivity index (χ2v) is 2.97. The number of phenols is 1. The SMILES string of the molecule is CNC(=O)NCOCNc1ccc(O)cc1. The van der Waals surface area contributed by atoms with Crippen molar-refractivity contribution in [1.29, 1.82) is 0 Å². The lowest BCUT2D eigenvalue weighted by Crippen LogP contribution is -2.34. The molecule has 0 aliphatic rings. The van der Waals surface area contributed by atoms with E-state index in [1.807, 2.05) is 0 Å². The molecule has 4 N–H and O–H groups in total. The molecular weight excluding hydrogens is 210 g/mol. The summed E-state index contributed by atoms with van der Waals surface area (Å²) in [5.41, 5.74) is 0.831. The number of ether oxygens (including phenoxy) is 1. The van der Waals surface area contributed by atoms with Crippen molar-refractivity contribution in [1.82, 2.24) is 10.6 Å². The van der Waals surface area contributed by atoms with Crippen LogP contribution in [0, 0.1) is 0 Å². The van der Waals surface area contributed by atoms with Crippen LogP contribution in [0.5, 0.6) is 5.75 Å². The maximum absolute atomic E-state index is 10.7. The second-order valence-electron chi connectivity index (χ2n) is 2.97. The molecule has 0 aliphatic heterocycles. The summed E-state index contributed by atoms with van der Waals surface area (Å²) in [6.45, 7) is 0.402. The molecule has 1 aromatic carbocycles. The standard InChI is InChI=1S/C10H15N3O3/c1-11-10(15)13-7-16-6-12-8-2-4-9(14)5-3-8/h2-5,12,14H,6-7H2,1H3,(H2,11,13,15). The van der Waals surface area contributed by atoms with Gasteiger partial charge in [-0.3, -0.25) is 0 Å². The van der Waals surface area contributed by atoms with Crippen molar-refractivity contribution in [2.45, 2.75) is 0 Å². The Morgan fingerprint density at radius 2 is 2.00 bits per heavy atom. The van der Waals surface area contributed by atoms with Crippen molar-refractivity contribution >= 4 is 11.7 Å². The molecule has 0 unspecified atom stereocenters. The van der Waals surface area contributed by atoms with Gasteiger partial charge in [0.25, 0.3) is 0 Å². The third kappa shape index (κ3) is 4.52. The Hall–Kier alpha value is -1.95. The molecular formula is C10H15N3O3. The number of amides is 2. The van der Waals surface area contributed by atoms with E-state index < -0.39 is 0 Å². The number of phenolic OH excluding ortho intramolecular Hbond substituents is 1. The minimum Gasteiger partial charge on any atom is -0.508 e. The lowest BCUT2D eigenvalue weighted by Gasteiger charge is -2.08. The topological polar surface area (TPSA) is 82.6 Å². The average Bonchev–Trinajstić information content (AvgIpc) is 2.31. The summed E-state index contributed by atoms with van der Waals surface area (Å²) < 4.78 is 5.09. The number of rotatable bonds is 5. The molecule has 6 nitrogen and oxygen atoms in total. The van der Waals surface area contributed by atoms with Crippen molar-refractivity contribution in [3.05, 3.63) is 24.3 Å². The van der Waals surface area contributed by atoms with Crippen molar-refractivity contribution < 1.29 is 14.6 Å². The van der Waals surface area contributed by atoms with Gasteiger partial charge in [0, 0.05) is 12.7 Å². The molecule has 0 radical (unpaired) electrons.